The number of nitriles is 1. The molecular weight excluding hydrogens is 376 g/mol. The summed E-state index contributed by atoms with van der Waals surface area (Å²) in [7, 11) is 0. The van der Waals surface area contributed by atoms with Crippen molar-refractivity contribution in [2.24, 2.45) is 0 Å². The molecule has 2 aliphatic rings. The minimum atomic E-state index is -1.13. The maximum Gasteiger partial charge on any atom is 0.322 e. The minimum absolute atomic E-state index is 0.0944. The van der Waals surface area contributed by atoms with E-state index in [1.54, 1.807) is 29.2 Å². The van der Waals surface area contributed by atoms with Gasteiger partial charge in [0.25, 0.3) is 0 Å². The minimum Gasteiger partial charge on any atom is -0.389 e. The summed E-state index contributed by atoms with van der Waals surface area (Å²) >= 11 is 0. The van der Waals surface area contributed by atoms with Crippen molar-refractivity contribution >= 4 is 11.7 Å². The first-order chi connectivity index (χ1) is 13.9. The number of anilines is 1. The number of nitrogens with zero attached hydrogens (tertiary/aromatic N) is 2. The second-order valence-corrected chi connectivity index (χ2v) is 7.96. The molecule has 2 bridgehead atoms. The molecule has 2 atom stereocenters. The number of piperidine rings is 1. The topological polar surface area (TPSA) is 76.4 Å². The number of hydrogen-bond donors (Lipinski definition) is 2. The Balaban J connectivity index is 1.45. The highest BCUT2D eigenvalue weighted by Gasteiger charge is 2.49. The Kier molecular flexibility index (Phi) is 4.97. The fraction of sp³-hybridized carbons (Fsp3) is 0.364. The van der Waals surface area contributed by atoms with Gasteiger partial charge in [0.1, 0.15) is 11.6 Å². The van der Waals surface area contributed by atoms with Crippen LogP contribution in [0.2, 0.25) is 0 Å². The van der Waals surface area contributed by atoms with Crippen LogP contribution >= 0.6 is 0 Å². The van der Waals surface area contributed by atoms with Crippen LogP contribution in [0.1, 0.15) is 36.8 Å². The molecule has 2 aliphatic heterocycles. The van der Waals surface area contributed by atoms with Gasteiger partial charge in [0.2, 0.25) is 0 Å². The monoisotopic (exact) mass is 397 g/mol. The molecule has 2 fully saturated rings. The molecule has 29 heavy (non-hydrogen) atoms. The van der Waals surface area contributed by atoms with Crippen LogP contribution in [0.15, 0.2) is 42.5 Å². The largest absolute Gasteiger partial charge is 0.389 e. The third kappa shape index (κ3) is 3.94. The molecule has 0 spiro atoms. The summed E-state index contributed by atoms with van der Waals surface area (Å²) < 4.78 is 27.2. The van der Waals surface area contributed by atoms with Gasteiger partial charge in [-0.2, -0.15) is 5.26 Å². The highest BCUT2D eigenvalue weighted by atomic mass is 19.1. The van der Waals surface area contributed by atoms with Crippen molar-refractivity contribution in [2.45, 2.75) is 49.8 Å². The van der Waals surface area contributed by atoms with Gasteiger partial charge in [-0.1, -0.05) is 6.07 Å². The lowest BCUT2D eigenvalue weighted by atomic mass is 9.81. The van der Waals surface area contributed by atoms with Crippen molar-refractivity contribution in [2.75, 3.05) is 5.32 Å². The van der Waals surface area contributed by atoms with E-state index in [2.05, 4.69) is 5.32 Å². The zero-order valence-corrected chi connectivity index (χ0v) is 15.7. The smallest absolute Gasteiger partial charge is 0.322 e. The summed E-state index contributed by atoms with van der Waals surface area (Å²) in [5, 5.41) is 22.8. The van der Waals surface area contributed by atoms with Crippen LogP contribution in [0, 0.1) is 23.0 Å². The Labute approximate surface area is 167 Å². The quantitative estimate of drug-likeness (QED) is 0.823. The van der Waals surface area contributed by atoms with Gasteiger partial charge < -0.3 is 15.3 Å². The Bertz CT molecular complexity index is 957. The molecule has 2 N–H and O–H groups in total. The predicted molar refractivity (Wildman–Crippen MR) is 103 cm³/mol. The standard InChI is InChI=1S/C22H21F2N3O2/c23-16-4-3-15(20(24)9-16)10-22(29)11-18-7-8-19(12-22)27(18)21(28)26-17-5-1-14(13-25)2-6-17/h1-6,9,18-19,29H,7-8,10-12H2,(H,26,28). The Hall–Kier alpha value is -2.98. The summed E-state index contributed by atoms with van der Waals surface area (Å²) in [4.78, 5) is 14.6. The summed E-state index contributed by atoms with van der Waals surface area (Å²) in [6, 6.07) is 11.5. The van der Waals surface area contributed by atoms with Crippen molar-refractivity contribution < 1.29 is 18.7 Å². The highest BCUT2D eigenvalue weighted by Crippen LogP contribution is 2.42. The average Bonchev–Trinajstić information content (AvgIpc) is 2.97. The lowest BCUT2D eigenvalue weighted by molar-refractivity contribution is -0.0372. The Morgan fingerprint density at radius 3 is 2.41 bits per heavy atom. The van der Waals surface area contributed by atoms with Crippen molar-refractivity contribution in [3.05, 3.63) is 65.2 Å². The van der Waals surface area contributed by atoms with Crippen molar-refractivity contribution in [3.63, 3.8) is 0 Å². The second kappa shape index (κ2) is 7.45. The van der Waals surface area contributed by atoms with E-state index in [-0.39, 0.29) is 30.1 Å². The average molecular weight is 397 g/mol. The molecule has 4 rings (SSSR count). The number of carbonyl (C=O) groups excluding carboxylic acids is 1. The first-order valence-electron chi connectivity index (χ1n) is 9.63. The Morgan fingerprint density at radius 1 is 1.17 bits per heavy atom. The van der Waals surface area contributed by atoms with E-state index >= 15 is 0 Å². The normalized spacial score (nSPS) is 25.5. The molecule has 0 aliphatic carbocycles. The van der Waals surface area contributed by atoms with Crippen molar-refractivity contribution in [1.29, 1.82) is 5.26 Å². The van der Waals surface area contributed by atoms with E-state index in [4.69, 9.17) is 5.26 Å². The molecule has 2 aromatic carbocycles. The number of urea groups is 1. The fourth-order valence-corrected chi connectivity index (χ4v) is 4.63. The lowest BCUT2D eigenvalue weighted by Gasteiger charge is -2.43. The first kappa shape index (κ1) is 19.3. The molecule has 0 aromatic heterocycles. The number of aliphatic hydroxyl groups is 1. The number of hydrogen-bond acceptors (Lipinski definition) is 3. The molecule has 0 saturated carbocycles. The van der Waals surface area contributed by atoms with Crippen LogP contribution in [0.5, 0.6) is 0 Å². The number of carbonyl (C=O) groups is 1. The third-order valence-electron chi connectivity index (χ3n) is 5.89. The van der Waals surface area contributed by atoms with Gasteiger partial charge >= 0.3 is 6.03 Å². The van der Waals surface area contributed by atoms with Crippen LogP contribution in [0.3, 0.4) is 0 Å². The van der Waals surface area contributed by atoms with Gasteiger partial charge in [0.15, 0.2) is 0 Å². The van der Waals surface area contributed by atoms with Crippen LogP contribution < -0.4 is 5.32 Å². The second-order valence-electron chi connectivity index (χ2n) is 7.96. The SMILES string of the molecule is N#Cc1ccc(NC(=O)N2C3CCC2CC(O)(Cc2ccc(F)cc2F)C3)cc1. The summed E-state index contributed by atoms with van der Waals surface area (Å²) in [5.41, 5.74) is 0.265. The molecule has 150 valence electrons. The van der Waals surface area contributed by atoms with Gasteiger partial charge in [-0.3, -0.25) is 0 Å². The molecule has 2 heterocycles. The van der Waals surface area contributed by atoms with E-state index in [0.717, 1.165) is 18.9 Å². The molecule has 2 saturated heterocycles. The van der Waals surface area contributed by atoms with Crippen LogP contribution in [0.25, 0.3) is 0 Å². The van der Waals surface area contributed by atoms with Gasteiger partial charge in [-0.05, 0) is 61.6 Å². The number of benzene rings is 2. The van der Waals surface area contributed by atoms with Crippen LogP contribution in [-0.4, -0.2) is 33.7 Å². The zero-order valence-electron chi connectivity index (χ0n) is 15.7. The molecule has 0 radical (unpaired) electrons. The van der Waals surface area contributed by atoms with Gasteiger partial charge in [0.05, 0.1) is 17.2 Å². The van der Waals surface area contributed by atoms with Crippen molar-refractivity contribution in [3.8, 4) is 6.07 Å². The zero-order chi connectivity index (χ0) is 20.6. The number of fused-ring (bicyclic) bond motifs is 2. The van der Waals surface area contributed by atoms with Gasteiger partial charge in [-0.25, -0.2) is 13.6 Å². The first-order valence-corrected chi connectivity index (χ1v) is 9.63. The molecule has 7 heteroatoms. The predicted octanol–water partition coefficient (Wildman–Crippen LogP) is 3.97. The number of nitrogens with one attached hydrogen (secondary N) is 1. The lowest BCUT2D eigenvalue weighted by Crippen LogP contribution is -2.55. The number of rotatable bonds is 3. The summed E-state index contributed by atoms with van der Waals surface area (Å²) in [5.74, 6) is -1.31. The van der Waals surface area contributed by atoms with E-state index in [1.165, 1.54) is 12.1 Å². The molecule has 2 amide bonds. The van der Waals surface area contributed by atoms with Gasteiger partial charge in [-0.15, -0.1) is 0 Å². The van der Waals surface area contributed by atoms with E-state index < -0.39 is 17.2 Å². The summed E-state index contributed by atoms with van der Waals surface area (Å²) in [6.07, 6.45) is 2.35. The molecule has 2 aromatic rings. The molecule has 5 nitrogen and oxygen atoms in total. The maximum atomic E-state index is 14.0. The van der Waals surface area contributed by atoms with Crippen LogP contribution in [-0.2, 0) is 6.42 Å². The third-order valence-corrected chi connectivity index (χ3v) is 5.89. The van der Waals surface area contributed by atoms with Crippen molar-refractivity contribution in [1.82, 2.24) is 4.90 Å². The summed E-state index contributed by atoms with van der Waals surface area (Å²) in [6.45, 7) is 0. The Morgan fingerprint density at radius 2 is 1.83 bits per heavy atom. The molecular formula is C22H21F2N3O2. The highest BCUT2D eigenvalue weighted by molar-refractivity contribution is 5.90. The molecule has 2 unspecified atom stereocenters. The fourth-order valence-electron chi connectivity index (χ4n) is 4.63. The van der Waals surface area contributed by atoms with E-state index in [1.807, 2.05) is 6.07 Å². The van der Waals surface area contributed by atoms with Gasteiger partial charge in [0, 0.05) is 30.3 Å². The maximum absolute atomic E-state index is 14.0. The van der Waals surface area contributed by atoms with E-state index in [9.17, 15) is 18.7 Å². The number of halogens is 2. The number of amides is 2. The van der Waals surface area contributed by atoms with E-state index in [0.29, 0.717) is 24.1 Å². The van der Waals surface area contributed by atoms with Crippen LogP contribution in [0.4, 0.5) is 19.3 Å².